The number of rotatable bonds is 6. The van der Waals surface area contributed by atoms with Gasteiger partial charge in [-0.05, 0) is 37.5 Å². The summed E-state index contributed by atoms with van der Waals surface area (Å²) in [7, 11) is 0. The van der Waals surface area contributed by atoms with E-state index < -0.39 is 0 Å². The summed E-state index contributed by atoms with van der Waals surface area (Å²) in [6.07, 6.45) is 8.69. The van der Waals surface area contributed by atoms with Crippen molar-refractivity contribution in [3.63, 3.8) is 0 Å². The largest absolute Gasteiger partial charge is 0.466 e. The molecule has 0 aromatic heterocycles. The van der Waals surface area contributed by atoms with Crippen LogP contribution >= 0.6 is 0 Å². The molecule has 0 aliphatic carbocycles. The molecule has 1 heterocycles. The van der Waals surface area contributed by atoms with Crippen molar-refractivity contribution in [3.05, 3.63) is 29.8 Å². The van der Waals surface area contributed by atoms with Gasteiger partial charge in [0, 0.05) is 6.42 Å². The van der Waals surface area contributed by atoms with Crippen LogP contribution in [-0.2, 0) is 14.3 Å². The van der Waals surface area contributed by atoms with E-state index in [4.69, 9.17) is 20.6 Å². The Morgan fingerprint density at radius 1 is 1.41 bits per heavy atom. The monoisotopic (exact) mass is 302 g/mol. The van der Waals surface area contributed by atoms with Gasteiger partial charge < -0.3 is 14.2 Å². The Kier molecular flexibility index (Phi) is 6.29. The number of hydrogen-bond donors (Lipinski definition) is 0. The number of hydrogen-bond acceptors (Lipinski definition) is 4. The van der Waals surface area contributed by atoms with Gasteiger partial charge in [0.2, 0.25) is 0 Å². The summed E-state index contributed by atoms with van der Waals surface area (Å²) in [5.74, 6) is 2.84. The zero-order valence-electron chi connectivity index (χ0n) is 12.9. The summed E-state index contributed by atoms with van der Waals surface area (Å²) in [6, 6.07) is 7.51. The van der Waals surface area contributed by atoms with Gasteiger partial charge in [0.15, 0.2) is 6.29 Å². The van der Waals surface area contributed by atoms with Crippen LogP contribution < -0.4 is 4.74 Å². The van der Waals surface area contributed by atoms with Crippen molar-refractivity contribution in [2.45, 2.75) is 44.8 Å². The lowest BCUT2D eigenvalue weighted by atomic mass is 9.96. The van der Waals surface area contributed by atoms with Crippen molar-refractivity contribution in [2.75, 3.05) is 13.2 Å². The maximum absolute atomic E-state index is 11.6. The third-order valence-electron chi connectivity index (χ3n) is 3.57. The zero-order chi connectivity index (χ0) is 15.8. The molecule has 1 aromatic carbocycles. The first-order chi connectivity index (χ1) is 10.7. The summed E-state index contributed by atoms with van der Waals surface area (Å²) in [4.78, 5) is 11.6. The number of benzene rings is 1. The molecule has 1 aliphatic rings. The van der Waals surface area contributed by atoms with Crippen molar-refractivity contribution in [1.29, 1.82) is 0 Å². The van der Waals surface area contributed by atoms with E-state index >= 15 is 0 Å². The second-order valence-corrected chi connectivity index (χ2v) is 5.21. The van der Waals surface area contributed by atoms with E-state index in [2.05, 4.69) is 5.92 Å². The molecular formula is C18H22O4. The molecule has 4 nitrogen and oxygen atoms in total. The van der Waals surface area contributed by atoms with Crippen LogP contribution in [0.5, 0.6) is 5.75 Å². The zero-order valence-corrected chi connectivity index (χ0v) is 12.9. The van der Waals surface area contributed by atoms with Crippen LogP contribution in [0, 0.1) is 12.3 Å². The van der Waals surface area contributed by atoms with E-state index in [0.29, 0.717) is 6.61 Å². The Labute approximate surface area is 131 Å². The predicted octanol–water partition coefficient (Wildman–Crippen LogP) is 3.26. The van der Waals surface area contributed by atoms with Gasteiger partial charge in [-0.15, -0.1) is 6.42 Å². The highest BCUT2D eigenvalue weighted by Gasteiger charge is 2.17. The molecule has 0 N–H and O–H groups in total. The third-order valence-corrected chi connectivity index (χ3v) is 3.57. The van der Waals surface area contributed by atoms with Crippen molar-refractivity contribution >= 4 is 5.97 Å². The van der Waals surface area contributed by atoms with Gasteiger partial charge in [-0.1, -0.05) is 18.1 Å². The Bertz CT molecular complexity index is 509. The van der Waals surface area contributed by atoms with E-state index in [1.807, 2.05) is 24.3 Å². The molecule has 0 radical (unpaired) electrons. The topological polar surface area (TPSA) is 44.8 Å². The van der Waals surface area contributed by atoms with Crippen LogP contribution in [0.3, 0.4) is 0 Å². The minimum Gasteiger partial charge on any atom is -0.466 e. The maximum atomic E-state index is 11.6. The summed E-state index contributed by atoms with van der Waals surface area (Å²) >= 11 is 0. The van der Waals surface area contributed by atoms with E-state index in [1.54, 1.807) is 6.92 Å². The van der Waals surface area contributed by atoms with Crippen LogP contribution in [0.1, 0.15) is 44.1 Å². The fraction of sp³-hybridized carbons (Fsp3) is 0.500. The van der Waals surface area contributed by atoms with Crippen molar-refractivity contribution in [1.82, 2.24) is 0 Å². The quantitative estimate of drug-likeness (QED) is 0.597. The molecule has 0 saturated carbocycles. The molecule has 22 heavy (non-hydrogen) atoms. The molecule has 1 aliphatic heterocycles. The lowest BCUT2D eigenvalue weighted by Crippen LogP contribution is -2.24. The van der Waals surface area contributed by atoms with Crippen molar-refractivity contribution < 1.29 is 19.0 Å². The highest BCUT2D eigenvalue weighted by molar-refractivity contribution is 5.71. The molecule has 118 valence electrons. The molecule has 2 rings (SSSR count). The summed E-state index contributed by atoms with van der Waals surface area (Å²) in [5.41, 5.74) is 0.910. The highest BCUT2D eigenvalue weighted by Crippen LogP contribution is 2.24. The molecule has 1 saturated heterocycles. The van der Waals surface area contributed by atoms with Gasteiger partial charge in [-0.2, -0.15) is 0 Å². The Morgan fingerprint density at radius 2 is 2.18 bits per heavy atom. The Morgan fingerprint density at radius 3 is 2.77 bits per heavy atom. The fourth-order valence-electron chi connectivity index (χ4n) is 2.39. The molecule has 1 unspecified atom stereocenters. The average Bonchev–Trinajstić information content (AvgIpc) is 2.55. The van der Waals surface area contributed by atoms with E-state index in [1.165, 1.54) is 0 Å². The molecular weight excluding hydrogens is 280 g/mol. The predicted molar refractivity (Wildman–Crippen MR) is 83.5 cm³/mol. The second kappa shape index (κ2) is 8.45. The normalized spacial score (nSPS) is 19.0. The van der Waals surface area contributed by atoms with Crippen LogP contribution in [-0.4, -0.2) is 25.5 Å². The van der Waals surface area contributed by atoms with Gasteiger partial charge in [0.05, 0.1) is 25.6 Å². The van der Waals surface area contributed by atoms with Crippen molar-refractivity contribution in [3.8, 4) is 18.1 Å². The first kappa shape index (κ1) is 16.4. The van der Waals surface area contributed by atoms with E-state index in [0.717, 1.165) is 37.2 Å². The molecule has 0 amide bonds. The van der Waals surface area contributed by atoms with E-state index in [9.17, 15) is 4.79 Å². The molecule has 0 spiro atoms. The third kappa shape index (κ3) is 4.78. The average molecular weight is 302 g/mol. The fourth-order valence-corrected chi connectivity index (χ4v) is 2.39. The van der Waals surface area contributed by atoms with Gasteiger partial charge in [-0.3, -0.25) is 4.79 Å². The molecule has 1 aromatic rings. The molecule has 1 fully saturated rings. The number of terminal acetylenes is 1. The van der Waals surface area contributed by atoms with Crippen LogP contribution in [0.4, 0.5) is 0 Å². The smallest absolute Gasteiger partial charge is 0.307 e. The summed E-state index contributed by atoms with van der Waals surface area (Å²) in [6.45, 7) is 2.90. The van der Waals surface area contributed by atoms with Gasteiger partial charge in [0.25, 0.3) is 0 Å². The van der Waals surface area contributed by atoms with Crippen molar-refractivity contribution in [2.24, 2.45) is 0 Å². The number of esters is 1. The summed E-state index contributed by atoms with van der Waals surface area (Å²) < 4.78 is 16.3. The SMILES string of the molecule is C#C[C@H](CC(=O)OCC)c1ccc(OC2CCCCO2)cc1. The lowest BCUT2D eigenvalue weighted by Gasteiger charge is -2.23. The van der Waals surface area contributed by atoms with Gasteiger partial charge in [0.1, 0.15) is 5.75 Å². The van der Waals surface area contributed by atoms with E-state index in [-0.39, 0.29) is 24.6 Å². The highest BCUT2D eigenvalue weighted by atomic mass is 16.7. The van der Waals surface area contributed by atoms with Crippen LogP contribution in [0.15, 0.2) is 24.3 Å². The standard InChI is InChI=1S/C18H22O4/c1-3-14(13-17(19)20-4-2)15-8-10-16(11-9-15)22-18-7-5-6-12-21-18/h1,8-11,14,18H,4-7,12-13H2,2H3/t14-,18?/m1/s1. The Balaban J connectivity index is 1.94. The molecule has 4 heteroatoms. The number of carbonyl (C=O) groups excluding carboxylic acids is 1. The molecule has 2 atom stereocenters. The van der Waals surface area contributed by atoms with Crippen LogP contribution in [0.2, 0.25) is 0 Å². The minimum absolute atomic E-state index is 0.164. The minimum atomic E-state index is -0.279. The first-order valence-corrected chi connectivity index (χ1v) is 7.73. The number of carbonyl (C=O) groups is 1. The van der Waals surface area contributed by atoms with Crippen LogP contribution in [0.25, 0.3) is 0 Å². The van der Waals surface area contributed by atoms with Gasteiger partial charge in [-0.25, -0.2) is 0 Å². The lowest BCUT2D eigenvalue weighted by molar-refractivity contribution is -0.143. The number of ether oxygens (including phenoxy) is 3. The van der Waals surface area contributed by atoms with Gasteiger partial charge >= 0.3 is 5.97 Å². The Hall–Kier alpha value is -1.99. The maximum Gasteiger partial charge on any atom is 0.307 e. The second-order valence-electron chi connectivity index (χ2n) is 5.21. The first-order valence-electron chi connectivity index (χ1n) is 7.73. The molecule has 0 bridgehead atoms. The summed E-state index contributed by atoms with van der Waals surface area (Å²) in [5, 5.41) is 0.